The topological polar surface area (TPSA) is 89.8 Å². The van der Waals surface area contributed by atoms with Gasteiger partial charge in [0.1, 0.15) is 12.7 Å². The van der Waals surface area contributed by atoms with Crippen LogP contribution < -0.4 is 0 Å². The molecule has 0 amide bonds. The number of ether oxygens (including phenoxy) is 3. The second kappa shape index (κ2) is 39.8. The van der Waals surface area contributed by atoms with Crippen LogP contribution >= 0.6 is 0 Å². The lowest BCUT2D eigenvalue weighted by molar-refractivity contribution is -0.150. The summed E-state index contributed by atoms with van der Waals surface area (Å²) in [6, 6.07) is 0. The number of hydrogen-bond donors (Lipinski definition) is 0. The van der Waals surface area contributed by atoms with Gasteiger partial charge in [-0.05, 0) is 77.8 Å². The molecule has 56 heavy (non-hydrogen) atoms. The highest BCUT2D eigenvalue weighted by Crippen LogP contribution is 2.19. The highest BCUT2D eigenvalue weighted by Gasteiger charge is 2.15. The van der Waals surface area contributed by atoms with Crippen LogP contribution in [0, 0.1) is 0 Å². The van der Waals surface area contributed by atoms with Crippen molar-refractivity contribution in [1.29, 1.82) is 0 Å². The average Bonchev–Trinajstić information content (AvgIpc) is 3.19. The summed E-state index contributed by atoms with van der Waals surface area (Å²) in [4.78, 5) is 27.5. The molecule has 0 bridgehead atoms. The third-order valence-corrected chi connectivity index (χ3v) is 11.2. The standard InChI is InChI=1S/C48H91N3O5/c1-5-8-11-14-17-26-33-42-54-47(52)36-29-22-18-24-31-39-51(41-38-46-50-49-44(4)43-55-46)40-32-25-19-23-30-37-48(53)56-45(34-27-20-15-12-9-6-2)35-28-21-16-13-10-7-3/h45H,5-43H2,1-4H3. The maximum atomic E-state index is 12.8. The number of unbranched alkanes of at least 4 members (excludes halogenated alkanes) is 24. The van der Waals surface area contributed by atoms with E-state index in [0.29, 0.717) is 26.1 Å². The Labute approximate surface area is 346 Å². The van der Waals surface area contributed by atoms with E-state index in [-0.39, 0.29) is 18.0 Å². The van der Waals surface area contributed by atoms with Gasteiger partial charge >= 0.3 is 11.9 Å². The molecule has 0 saturated heterocycles. The summed E-state index contributed by atoms with van der Waals surface area (Å²) >= 11 is 0. The van der Waals surface area contributed by atoms with Gasteiger partial charge in [-0.3, -0.25) is 9.59 Å². The second-order valence-electron chi connectivity index (χ2n) is 16.8. The fourth-order valence-corrected chi connectivity index (χ4v) is 7.50. The molecule has 0 aromatic rings. The van der Waals surface area contributed by atoms with Crippen LogP contribution in [0.5, 0.6) is 0 Å². The normalized spacial score (nSPS) is 12.9. The minimum absolute atomic E-state index is 0.0178. The van der Waals surface area contributed by atoms with Crippen LogP contribution in [-0.2, 0) is 23.8 Å². The summed E-state index contributed by atoms with van der Waals surface area (Å²) in [7, 11) is 0. The van der Waals surface area contributed by atoms with E-state index in [2.05, 4.69) is 35.9 Å². The Morgan fingerprint density at radius 2 is 1.00 bits per heavy atom. The smallest absolute Gasteiger partial charge is 0.306 e. The van der Waals surface area contributed by atoms with E-state index >= 15 is 0 Å². The van der Waals surface area contributed by atoms with Crippen molar-refractivity contribution in [2.45, 2.75) is 252 Å². The summed E-state index contributed by atoms with van der Waals surface area (Å²) in [5, 5.41) is 8.49. The largest absolute Gasteiger partial charge is 0.473 e. The Bertz CT molecular complexity index is 954. The van der Waals surface area contributed by atoms with Crippen LogP contribution in [-0.4, -0.2) is 67.4 Å². The predicted octanol–water partition coefficient (Wildman–Crippen LogP) is 13.9. The summed E-state index contributed by atoms with van der Waals surface area (Å²) in [5.74, 6) is 0.734. The number of nitrogens with zero attached hydrogens (tertiary/aromatic N) is 3. The van der Waals surface area contributed by atoms with Crippen molar-refractivity contribution in [3.63, 3.8) is 0 Å². The van der Waals surface area contributed by atoms with Gasteiger partial charge < -0.3 is 19.1 Å². The molecule has 1 rings (SSSR count). The van der Waals surface area contributed by atoms with Crippen molar-refractivity contribution < 1.29 is 23.8 Å². The lowest BCUT2D eigenvalue weighted by Crippen LogP contribution is -2.30. The van der Waals surface area contributed by atoms with Crippen molar-refractivity contribution in [3.8, 4) is 0 Å². The van der Waals surface area contributed by atoms with Gasteiger partial charge in [0.25, 0.3) is 0 Å². The molecule has 0 fully saturated rings. The molecule has 328 valence electrons. The Hall–Kier alpha value is -1.96. The molecule has 8 nitrogen and oxygen atoms in total. The SMILES string of the molecule is CCCCCCCCCOC(=O)CCCCCCCN(CCCCCCCC(=O)OC(CCCCCCCC)CCCCCCCC)CCC1=NN=C(C)CO1. The number of carbonyl (C=O) groups excluding carboxylic acids is 2. The Balaban J connectivity index is 2.29. The first-order chi connectivity index (χ1) is 27.5. The van der Waals surface area contributed by atoms with Gasteiger partial charge in [-0.15, -0.1) is 5.10 Å². The molecule has 0 aromatic carbocycles. The zero-order chi connectivity index (χ0) is 40.6. The first-order valence-electron chi connectivity index (χ1n) is 24.3. The Morgan fingerprint density at radius 1 is 0.554 bits per heavy atom. The van der Waals surface area contributed by atoms with Crippen LogP contribution in [0.4, 0.5) is 0 Å². The second-order valence-corrected chi connectivity index (χ2v) is 16.8. The molecule has 1 aliphatic heterocycles. The molecule has 1 heterocycles. The Morgan fingerprint density at radius 3 is 1.50 bits per heavy atom. The molecule has 1 aliphatic rings. The van der Waals surface area contributed by atoms with Gasteiger partial charge in [-0.2, -0.15) is 5.10 Å². The number of carbonyl (C=O) groups is 2. The molecule has 0 unspecified atom stereocenters. The van der Waals surface area contributed by atoms with Crippen LogP contribution in [0.2, 0.25) is 0 Å². The van der Waals surface area contributed by atoms with Gasteiger partial charge in [-0.25, -0.2) is 0 Å². The highest BCUT2D eigenvalue weighted by atomic mass is 16.5. The van der Waals surface area contributed by atoms with E-state index in [4.69, 9.17) is 14.2 Å². The number of hydrogen-bond acceptors (Lipinski definition) is 8. The highest BCUT2D eigenvalue weighted by molar-refractivity contribution is 5.89. The van der Waals surface area contributed by atoms with Gasteiger partial charge in [0.2, 0.25) is 5.90 Å². The van der Waals surface area contributed by atoms with Crippen LogP contribution in [0.3, 0.4) is 0 Å². The fourth-order valence-electron chi connectivity index (χ4n) is 7.50. The lowest BCUT2D eigenvalue weighted by Gasteiger charge is -2.23. The van der Waals surface area contributed by atoms with Crippen molar-refractivity contribution in [2.75, 3.05) is 32.8 Å². The lowest BCUT2D eigenvalue weighted by atomic mass is 10.0. The summed E-state index contributed by atoms with van der Waals surface area (Å²) < 4.78 is 17.3. The van der Waals surface area contributed by atoms with Crippen LogP contribution in [0.1, 0.15) is 246 Å². The predicted molar refractivity (Wildman–Crippen MR) is 238 cm³/mol. The molecular formula is C48H91N3O5. The van der Waals surface area contributed by atoms with Crippen molar-refractivity contribution in [2.24, 2.45) is 10.2 Å². The first kappa shape index (κ1) is 52.1. The molecule has 0 N–H and O–H groups in total. The van der Waals surface area contributed by atoms with Gasteiger partial charge in [0, 0.05) is 25.8 Å². The molecule has 0 spiro atoms. The number of rotatable bonds is 42. The van der Waals surface area contributed by atoms with E-state index in [1.54, 1.807) is 0 Å². The minimum Gasteiger partial charge on any atom is -0.473 e. The van der Waals surface area contributed by atoms with Crippen molar-refractivity contribution in [3.05, 3.63) is 0 Å². The molecular weight excluding hydrogens is 699 g/mol. The zero-order valence-corrected chi connectivity index (χ0v) is 37.5. The zero-order valence-electron chi connectivity index (χ0n) is 37.5. The number of esters is 2. The summed E-state index contributed by atoms with van der Waals surface area (Å²) in [5.41, 5.74) is 0.918. The van der Waals surface area contributed by atoms with Gasteiger partial charge in [-0.1, -0.05) is 162 Å². The Kier molecular flexibility index (Phi) is 37.0. The quantitative estimate of drug-likeness (QED) is 0.0452. The molecule has 0 aromatic heterocycles. The summed E-state index contributed by atoms with van der Waals surface area (Å²) in [6.07, 6.45) is 39.1. The van der Waals surface area contributed by atoms with E-state index in [9.17, 15) is 9.59 Å². The third-order valence-electron chi connectivity index (χ3n) is 11.2. The van der Waals surface area contributed by atoms with E-state index < -0.39 is 0 Å². The molecule has 0 atom stereocenters. The van der Waals surface area contributed by atoms with E-state index in [0.717, 1.165) is 108 Å². The first-order valence-corrected chi connectivity index (χ1v) is 24.3. The maximum absolute atomic E-state index is 12.8. The molecule has 0 radical (unpaired) electrons. The summed E-state index contributed by atoms with van der Waals surface area (Å²) in [6.45, 7) is 12.9. The van der Waals surface area contributed by atoms with E-state index in [1.165, 1.54) is 128 Å². The fraction of sp³-hybridized carbons (Fsp3) is 0.917. The van der Waals surface area contributed by atoms with Crippen LogP contribution in [0.25, 0.3) is 0 Å². The molecule has 0 aliphatic carbocycles. The van der Waals surface area contributed by atoms with E-state index in [1.807, 2.05) is 6.92 Å². The average molecular weight is 790 g/mol. The molecule has 0 saturated carbocycles. The van der Waals surface area contributed by atoms with Crippen molar-refractivity contribution in [1.82, 2.24) is 4.90 Å². The minimum atomic E-state index is -0.0271. The monoisotopic (exact) mass is 790 g/mol. The van der Waals surface area contributed by atoms with Crippen LogP contribution in [0.15, 0.2) is 10.2 Å². The third kappa shape index (κ3) is 34.1. The molecule has 8 heteroatoms. The van der Waals surface area contributed by atoms with Gasteiger partial charge in [0.15, 0.2) is 0 Å². The van der Waals surface area contributed by atoms with Gasteiger partial charge in [0.05, 0.1) is 12.3 Å². The maximum Gasteiger partial charge on any atom is 0.306 e. The van der Waals surface area contributed by atoms with Crippen molar-refractivity contribution >= 4 is 23.5 Å².